The maximum Gasteiger partial charge on any atom is 0.224 e. The van der Waals surface area contributed by atoms with Crippen LogP contribution in [0.1, 0.15) is 16.7 Å². The fourth-order valence-electron chi connectivity index (χ4n) is 2.11. The van der Waals surface area contributed by atoms with E-state index in [1.165, 1.54) is 12.1 Å². The molecule has 0 fully saturated rings. The Kier molecular flexibility index (Phi) is 5.46. The first-order chi connectivity index (χ1) is 10.2. The summed E-state index contributed by atoms with van der Waals surface area (Å²) in [7, 11) is 1.64. The normalized spacial score (nSPS) is 10.4. The summed E-state index contributed by atoms with van der Waals surface area (Å²) in [5.41, 5.74) is 2.73. The van der Waals surface area contributed by atoms with Gasteiger partial charge in [0.25, 0.3) is 0 Å². The number of amides is 1. The predicted molar refractivity (Wildman–Crippen MR) is 79.1 cm³/mol. The minimum absolute atomic E-state index is 0.132. The Bertz CT molecular complexity index is 613. The summed E-state index contributed by atoms with van der Waals surface area (Å²) in [6.07, 6.45) is 0.171. The van der Waals surface area contributed by atoms with E-state index in [0.29, 0.717) is 18.7 Å². The van der Waals surface area contributed by atoms with Crippen molar-refractivity contribution in [3.8, 4) is 0 Å². The number of halogens is 1. The molecule has 0 spiro atoms. The molecule has 1 amide bonds. The van der Waals surface area contributed by atoms with Crippen LogP contribution in [-0.2, 0) is 29.1 Å². The molecule has 0 heterocycles. The quantitative estimate of drug-likeness (QED) is 0.887. The molecule has 0 aliphatic heterocycles. The summed E-state index contributed by atoms with van der Waals surface area (Å²) in [5, 5.41) is 2.85. The van der Waals surface area contributed by atoms with Crippen LogP contribution < -0.4 is 5.32 Å². The van der Waals surface area contributed by atoms with E-state index in [1.807, 2.05) is 24.3 Å². The van der Waals surface area contributed by atoms with Gasteiger partial charge < -0.3 is 10.1 Å². The second kappa shape index (κ2) is 7.55. The number of ether oxygens (including phenoxy) is 1. The van der Waals surface area contributed by atoms with Crippen LogP contribution in [0, 0.1) is 5.82 Å². The lowest BCUT2D eigenvalue weighted by Gasteiger charge is -2.10. The van der Waals surface area contributed by atoms with Gasteiger partial charge >= 0.3 is 0 Å². The van der Waals surface area contributed by atoms with Gasteiger partial charge in [0.2, 0.25) is 5.91 Å². The predicted octanol–water partition coefficient (Wildman–Crippen LogP) is 2.83. The van der Waals surface area contributed by atoms with Gasteiger partial charge in [0.15, 0.2) is 0 Å². The van der Waals surface area contributed by atoms with Crippen molar-refractivity contribution < 1.29 is 13.9 Å². The van der Waals surface area contributed by atoms with Crippen molar-refractivity contribution in [2.45, 2.75) is 19.6 Å². The van der Waals surface area contributed by atoms with Crippen LogP contribution >= 0.6 is 0 Å². The van der Waals surface area contributed by atoms with Crippen LogP contribution in [0.5, 0.6) is 0 Å². The lowest BCUT2D eigenvalue weighted by atomic mass is 10.1. The van der Waals surface area contributed by atoms with Crippen molar-refractivity contribution in [3.63, 3.8) is 0 Å². The van der Waals surface area contributed by atoms with Crippen molar-refractivity contribution >= 4 is 5.91 Å². The molecule has 0 aliphatic carbocycles. The third kappa shape index (κ3) is 4.68. The topological polar surface area (TPSA) is 38.3 Å². The van der Waals surface area contributed by atoms with Crippen LogP contribution in [0.25, 0.3) is 0 Å². The molecule has 0 aliphatic rings. The van der Waals surface area contributed by atoms with Gasteiger partial charge in [-0.1, -0.05) is 36.4 Å². The fourth-order valence-corrected chi connectivity index (χ4v) is 2.11. The number of hydrogen-bond acceptors (Lipinski definition) is 2. The summed E-state index contributed by atoms with van der Waals surface area (Å²) >= 11 is 0. The van der Waals surface area contributed by atoms with Crippen molar-refractivity contribution in [3.05, 3.63) is 71.0 Å². The molecule has 21 heavy (non-hydrogen) atoms. The van der Waals surface area contributed by atoms with E-state index in [2.05, 4.69) is 5.32 Å². The first-order valence-corrected chi connectivity index (χ1v) is 6.76. The largest absolute Gasteiger partial charge is 0.380 e. The molecular weight excluding hydrogens is 269 g/mol. The van der Waals surface area contributed by atoms with Gasteiger partial charge in [-0.2, -0.15) is 0 Å². The minimum Gasteiger partial charge on any atom is -0.380 e. The maximum atomic E-state index is 13.1. The highest BCUT2D eigenvalue weighted by Crippen LogP contribution is 2.10. The lowest BCUT2D eigenvalue weighted by molar-refractivity contribution is -0.120. The zero-order valence-corrected chi connectivity index (χ0v) is 11.9. The van der Waals surface area contributed by atoms with E-state index >= 15 is 0 Å². The number of benzene rings is 2. The van der Waals surface area contributed by atoms with E-state index in [4.69, 9.17) is 4.74 Å². The number of hydrogen-bond donors (Lipinski definition) is 1. The highest BCUT2D eigenvalue weighted by atomic mass is 19.1. The molecule has 0 atom stereocenters. The lowest BCUT2D eigenvalue weighted by Crippen LogP contribution is -2.25. The van der Waals surface area contributed by atoms with Crippen molar-refractivity contribution in [2.24, 2.45) is 0 Å². The molecule has 4 heteroatoms. The van der Waals surface area contributed by atoms with Gasteiger partial charge in [0.05, 0.1) is 13.0 Å². The van der Waals surface area contributed by atoms with E-state index in [-0.39, 0.29) is 18.1 Å². The maximum absolute atomic E-state index is 13.1. The fraction of sp³-hybridized carbons (Fsp3) is 0.235. The standard InChI is InChI=1S/C17H18FNO2/c1-21-12-15-7-3-2-6-14(15)11-19-17(20)10-13-5-4-8-16(18)9-13/h2-9H,10-12H2,1H3,(H,19,20). The number of nitrogens with one attached hydrogen (secondary N) is 1. The van der Waals surface area contributed by atoms with Gasteiger partial charge in [-0.25, -0.2) is 4.39 Å². The molecule has 110 valence electrons. The number of carbonyl (C=O) groups excluding carboxylic acids is 1. The highest BCUT2D eigenvalue weighted by Gasteiger charge is 2.06. The Labute approximate surface area is 123 Å². The van der Waals surface area contributed by atoms with Crippen LogP contribution in [0.4, 0.5) is 4.39 Å². The van der Waals surface area contributed by atoms with Gasteiger partial charge in [-0.15, -0.1) is 0 Å². The minimum atomic E-state index is -0.328. The van der Waals surface area contributed by atoms with E-state index in [1.54, 1.807) is 19.2 Å². The Hall–Kier alpha value is -2.20. The zero-order valence-electron chi connectivity index (χ0n) is 11.9. The molecule has 0 aromatic heterocycles. The van der Waals surface area contributed by atoms with Gasteiger partial charge in [-0.3, -0.25) is 4.79 Å². The van der Waals surface area contributed by atoms with E-state index < -0.39 is 0 Å². The summed E-state index contributed by atoms with van der Waals surface area (Å²) in [4.78, 5) is 11.9. The van der Waals surface area contributed by atoms with Crippen molar-refractivity contribution in [2.75, 3.05) is 7.11 Å². The van der Waals surface area contributed by atoms with E-state index in [0.717, 1.165) is 11.1 Å². The van der Waals surface area contributed by atoms with Gasteiger partial charge in [0, 0.05) is 13.7 Å². The van der Waals surface area contributed by atoms with Gasteiger partial charge in [-0.05, 0) is 28.8 Å². The summed E-state index contributed by atoms with van der Waals surface area (Å²) in [6, 6.07) is 13.9. The van der Waals surface area contributed by atoms with Crippen LogP contribution in [-0.4, -0.2) is 13.0 Å². The molecule has 2 aromatic carbocycles. The smallest absolute Gasteiger partial charge is 0.224 e. The third-order valence-corrected chi connectivity index (χ3v) is 3.15. The molecule has 3 nitrogen and oxygen atoms in total. The molecule has 0 unspecified atom stereocenters. The average Bonchev–Trinajstić information content (AvgIpc) is 2.47. The Morgan fingerprint density at radius 3 is 2.62 bits per heavy atom. The Balaban J connectivity index is 1.92. The summed E-state index contributed by atoms with van der Waals surface area (Å²) < 4.78 is 18.2. The van der Waals surface area contributed by atoms with Crippen molar-refractivity contribution in [1.82, 2.24) is 5.32 Å². The monoisotopic (exact) mass is 287 g/mol. The average molecular weight is 287 g/mol. The number of rotatable bonds is 6. The molecule has 2 rings (SSSR count). The molecule has 0 bridgehead atoms. The highest BCUT2D eigenvalue weighted by molar-refractivity contribution is 5.78. The summed E-state index contributed by atoms with van der Waals surface area (Å²) in [6.45, 7) is 0.948. The second-order valence-corrected chi connectivity index (χ2v) is 4.79. The molecule has 1 N–H and O–H groups in total. The zero-order chi connectivity index (χ0) is 15.1. The number of carbonyl (C=O) groups is 1. The van der Waals surface area contributed by atoms with Crippen molar-refractivity contribution in [1.29, 1.82) is 0 Å². The van der Waals surface area contributed by atoms with Crippen LogP contribution in [0.3, 0.4) is 0 Å². The van der Waals surface area contributed by atoms with Crippen LogP contribution in [0.15, 0.2) is 48.5 Å². The number of methoxy groups -OCH3 is 1. The third-order valence-electron chi connectivity index (χ3n) is 3.15. The second-order valence-electron chi connectivity index (χ2n) is 4.79. The SMILES string of the molecule is COCc1ccccc1CNC(=O)Cc1cccc(F)c1. The molecule has 0 saturated carbocycles. The Morgan fingerprint density at radius 2 is 1.90 bits per heavy atom. The molecule has 0 radical (unpaired) electrons. The molecule has 0 saturated heterocycles. The molecule has 2 aromatic rings. The molecular formula is C17H18FNO2. The van der Waals surface area contributed by atoms with Gasteiger partial charge in [0.1, 0.15) is 5.82 Å². The van der Waals surface area contributed by atoms with E-state index in [9.17, 15) is 9.18 Å². The Morgan fingerprint density at radius 1 is 1.14 bits per heavy atom. The first-order valence-electron chi connectivity index (χ1n) is 6.76. The van der Waals surface area contributed by atoms with Crippen LogP contribution in [0.2, 0.25) is 0 Å². The summed E-state index contributed by atoms with van der Waals surface area (Å²) in [5.74, 6) is -0.460. The first kappa shape index (κ1) is 15.2.